The van der Waals surface area contributed by atoms with Crippen LogP contribution in [0.25, 0.3) is 43.9 Å². The van der Waals surface area contributed by atoms with Gasteiger partial charge in [-0.2, -0.15) is 0 Å². The molecule has 11 rings (SSSR count). The summed E-state index contributed by atoms with van der Waals surface area (Å²) in [6, 6.07) is 44.6. The molecule has 9 aromatic rings. The fourth-order valence-corrected chi connectivity index (χ4v) is 8.11. The van der Waals surface area contributed by atoms with E-state index in [2.05, 4.69) is 58.3 Å². The zero-order valence-corrected chi connectivity index (χ0v) is 25.8. The van der Waals surface area contributed by atoms with E-state index in [4.69, 9.17) is 8.83 Å². The lowest BCUT2D eigenvalue weighted by Crippen LogP contribution is -2.61. The molecular formula is C42H23BF2N2O2. The molecule has 7 heteroatoms. The van der Waals surface area contributed by atoms with E-state index in [9.17, 15) is 8.78 Å². The van der Waals surface area contributed by atoms with Crippen LogP contribution in [0, 0.1) is 11.6 Å². The number of fused-ring (bicyclic) bond motifs is 10. The number of para-hydroxylation sites is 2. The maximum absolute atomic E-state index is 14.3. The Balaban J connectivity index is 1.29. The van der Waals surface area contributed by atoms with Crippen molar-refractivity contribution in [2.45, 2.75) is 0 Å². The van der Waals surface area contributed by atoms with Crippen molar-refractivity contribution in [2.75, 3.05) is 9.80 Å². The van der Waals surface area contributed by atoms with Crippen LogP contribution in [0.2, 0.25) is 0 Å². The Morgan fingerprint density at radius 2 is 0.857 bits per heavy atom. The van der Waals surface area contributed by atoms with E-state index in [1.165, 1.54) is 24.3 Å². The summed E-state index contributed by atoms with van der Waals surface area (Å²) >= 11 is 0. The predicted octanol–water partition coefficient (Wildman–Crippen LogP) is 9.85. The van der Waals surface area contributed by atoms with Crippen molar-refractivity contribution in [3.05, 3.63) is 151 Å². The summed E-state index contributed by atoms with van der Waals surface area (Å²) in [5.41, 5.74) is 12.1. The third-order valence-corrected chi connectivity index (χ3v) is 10.2. The van der Waals surface area contributed by atoms with Gasteiger partial charge in [0.15, 0.2) is 0 Å². The maximum Gasteiger partial charge on any atom is 0.252 e. The van der Waals surface area contributed by atoms with E-state index in [0.717, 1.165) is 94.4 Å². The fourth-order valence-electron chi connectivity index (χ4n) is 8.11. The van der Waals surface area contributed by atoms with Crippen LogP contribution in [0.1, 0.15) is 0 Å². The molecule has 4 heterocycles. The van der Waals surface area contributed by atoms with Crippen molar-refractivity contribution < 1.29 is 17.6 Å². The number of benzene rings is 7. The second kappa shape index (κ2) is 9.61. The van der Waals surface area contributed by atoms with Crippen molar-refractivity contribution in [1.82, 2.24) is 0 Å². The van der Waals surface area contributed by atoms with Crippen molar-refractivity contribution in [3.63, 3.8) is 0 Å². The minimum atomic E-state index is -0.297. The molecule has 7 aromatic carbocycles. The third kappa shape index (κ3) is 3.67. The zero-order chi connectivity index (χ0) is 32.4. The molecule has 2 aliphatic rings. The Morgan fingerprint density at radius 1 is 0.408 bits per heavy atom. The Kier molecular flexibility index (Phi) is 5.24. The molecule has 2 aromatic heterocycles. The molecule has 0 bridgehead atoms. The van der Waals surface area contributed by atoms with Crippen LogP contribution in [0.3, 0.4) is 0 Å². The molecule has 0 atom stereocenters. The lowest BCUT2D eigenvalue weighted by atomic mass is 9.33. The Morgan fingerprint density at radius 3 is 1.33 bits per heavy atom. The molecule has 0 aliphatic carbocycles. The molecule has 0 N–H and O–H groups in total. The van der Waals surface area contributed by atoms with E-state index in [-0.39, 0.29) is 18.3 Å². The molecule has 0 spiro atoms. The third-order valence-electron chi connectivity index (χ3n) is 10.2. The number of anilines is 6. The first-order chi connectivity index (χ1) is 24.1. The van der Waals surface area contributed by atoms with Crippen LogP contribution in [0.5, 0.6) is 0 Å². The van der Waals surface area contributed by atoms with Crippen molar-refractivity contribution >= 4 is 101 Å². The summed E-state index contributed by atoms with van der Waals surface area (Å²) in [6.07, 6.45) is 0. The first kappa shape index (κ1) is 26.7. The minimum absolute atomic E-state index is 0.166. The van der Waals surface area contributed by atoms with Crippen LogP contribution in [-0.4, -0.2) is 6.71 Å². The van der Waals surface area contributed by atoms with E-state index in [1.807, 2.05) is 66.7 Å². The molecule has 49 heavy (non-hydrogen) atoms. The van der Waals surface area contributed by atoms with Gasteiger partial charge in [-0.3, -0.25) is 0 Å². The highest BCUT2D eigenvalue weighted by molar-refractivity contribution is 7.00. The van der Waals surface area contributed by atoms with Gasteiger partial charge in [0, 0.05) is 67.8 Å². The van der Waals surface area contributed by atoms with Crippen LogP contribution >= 0.6 is 0 Å². The first-order valence-corrected chi connectivity index (χ1v) is 16.3. The van der Waals surface area contributed by atoms with Gasteiger partial charge in [0.25, 0.3) is 6.71 Å². The number of furan rings is 2. The molecule has 0 amide bonds. The summed E-state index contributed by atoms with van der Waals surface area (Å²) in [4.78, 5) is 4.41. The number of nitrogens with zero attached hydrogens (tertiary/aromatic N) is 2. The van der Waals surface area contributed by atoms with Crippen LogP contribution in [-0.2, 0) is 0 Å². The van der Waals surface area contributed by atoms with Crippen molar-refractivity contribution in [2.24, 2.45) is 0 Å². The topological polar surface area (TPSA) is 32.8 Å². The Bertz CT molecular complexity index is 2630. The number of hydrogen-bond donors (Lipinski definition) is 0. The fraction of sp³-hybridized carbons (Fsp3) is 0. The second-order valence-corrected chi connectivity index (χ2v) is 12.8. The maximum atomic E-state index is 14.3. The summed E-state index contributed by atoms with van der Waals surface area (Å²) in [7, 11) is 0. The Labute approximate surface area is 279 Å². The first-order valence-electron chi connectivity index (χ1n) is 16.3. The van der Waals surface area contributed by atoms with E-state index in [0.29, 0.717) is 0 Å². The average molecular weight is 636 g/mol. The zero-order valence-electron chi connectivity index (χ0n) is 25.8. The van der Waals surface area contributed by atoms with Gasteiger partial charge < -0.3 is 18.6 Å². The lowest BCUT2D eigenvalue weighted by Gasteiger charge is -2.44. The minimum Gasteiger partial charge on any atom is -0.456 e. The number of halogens is 2. The van der Waals surface area contributed by atoms with Crippen molar-refractivity contribution in [3.8, 4) is 0 Å². The summed E-state index contributed by atoms with van der Waals surface area (Å²) in [5.74, 6) is -0.594. The quantitative estimate of drug-likeness (QED) is 0.177. The normalized spacial score (nSPS) is 13.4. The van der Waals surface area contributed by atoms with Gasteiger partial charge in [0.2, 0.25) is 0 Å². The van der Waals surface area contributed by atoms with E-state index >= 15 is 0 Å². The highest BCUT2D eigenvalue weighted by Gasteiger charge is 2.44. The molecule has 0 fully saturated rings. The molecule has 0 saturated heterocycles. The second-order valence-electron chi connectivity index (χ2n) is 12.8. The Hall–Kier alpha value is -6.34. The smallest absolute Gasteiger partial charge is 0.252 e. The summed E-state index contributed by atoms with van der Waals surface area (Å²) in [6.45, 7) is -0.166. The van der Waals surface area contributed by atoms with E-state index < -0.39 is 0 Å². The molecule has 4 nitrogen and oxygen atoms in total. The van der Waals surface area contributed by atoms with Gasteiger partial charge in [-0.1, -0.05) is 54.6 Å². The highest BCUT2D eigenvalue weighted by atomic mass is 19.1. The SMILES string of the molecule is Fc1ccc(N2c3cc4oc5ccccc5c4cc3B3c4cc5c(cc4N(c4ccc(F)cc4)c4cccc2c43)oc2ccccc25)cc1. The molecular weight excluding hydrogens is 613 g/mol. The average Bonchev–Trinajstić information content (AvgIpc) is 3.68. The highest BCUT2D eigenvalue weighted by Crippen LogP contribution is 2.46. The predicted molar refractivity (Wildman–Crippen MR) is 195 cm³/mol. The van der Waals surface area contributed by atoms with Crippen LogP contribution < -0.4 is 26.2 Å². The number of hydrogen-bond acceptors (Lipinski definition) is 4. The molecule has 0 unspecified atom stereocenters. The van der Waals surface area contributed by atoms with Crippen molar-refractivity contribution in [1.29, 1.82) is 0 Å². The van der Waals surface area contributed by atoms with Crippen LogP contribution in [0.4, 0.5) is 42.9 Å². The standard InChI is InChI=1S/C42H23BF2N2O2/c44-24-12-16-26(17-13-24)46-34-8-5-9-35-42(34)43(32-20-30-28-6-1-3-10-38(28)48-40(30)22-36(32)46)33-21-31-29-7-2-4-11-39(29)49-41(31)23-37(33)47(35)27-18-14-25(45)15-19-27/h1-23H. The van der Waals surface area contributed by atoms with Gasteiger partial charge in [-0.05, 0) is 89.2 Å². The number of rotatable bonds is 2. The molecule has 230 valence electrons. The van der Waals surface area contributed by atoms with Crippen LogP contribution in [0.15, 0.2) is 148 Å². The largest absolute Gasteiger partial charge is 0.456 e. The summed E-state index contributed by atoms with van der Waals surface area (Å²) in [5, 5.41) is 4.17. The van der Waals surface area contributed by atoms with Gasteiger partial charge in [-0.15, -0.1) is 0 Å². The van der Waals surface area contributed by atoms with Gasteiger partial charge in [-0.25, -0.2) is 8.78 Å². The molecule has 0 saturated carbocycles. The molecule has 0 radical (unpaired) electrons. The summed E-state index contributed by atoms with van der Waals surface area (Å²) < 4.78 is 41.5. The van der Waals surface area contributed by atoms with Gasteiger partial charge in [0.1, 0.15) is 34.0 Å². The molecule has 2 aliphatic heterocycles. The lowest BCUT2D eigenvalue weighted by molar-refractivity contribution is 0.627. The van der Waals surface area contributed by atoms with Gasteiger partial charge >= 0.3 is 0 Å². The van der Waals surface area contributed by atoms with E-state index in [1.54, 1.807) is 0 Å². The monoisotopic (exact) mass is 636 g/mol. The van der Waals surface area contributed by atoms with Gasteiger partial charge in [0.05, 0.1) is 0 Å².